The molecule has 1 fully saturated rings. The number of nitrogens with zero attached hydrogens (tertiary/aromatic N) is 1. The molecule has 0 atom stereocenters. The summed E-state index contributed by atoms with van der Waals surface area (Å²) in [5, 5.41) is 11.8. The Morgan fingerprint density at radius 2 is 1.73 bits per heavy atom. The molecule has 2 aromatic rings. The maximum absolute atomic E-state index is 12.6. The number of rotatable bonds is 8. The summed E-state index contributed by atoms with van der Waals surface area (Å²) in [5.41, 5.74) is 3.58. The first-order valence-corrected chi connectivity index (χ1v) is 11.7. The Labute approximate surface area is 184 Å². The number of para-hydroxylation sites is 1. The molecule has 2 aromatic carbocycles. The number of thioether (sulfide) groups is 1. The molecule has 0 bridgehead atoms. The lowest BCUT2D eigenvalue weighted by atomic mass is 10.0. The summed E-state index contributed by atoms with van der Waals surface area (Å²) >= 11 is 1.45. The van der Waals surface area contributed by atoms with Crippen molar-refractivity contribution in [3.8, 4) is 6.07 Å². The normalized spacial score (nSPS) is 18.7. The highest BCUT2D eigenvalue weighted by Gasteiger charge is 2.25. The van der Waals surface area contributed by atoms with Crippen LogP contribution in [-0.2, 0) is 11.3 Å². The van der Waals surface area contributed by atoms with E-state index in [9.17, 15) is 4.79 Å². The van der Waals surface area contributed by atoms with Crippen LogP contribution < -0.4 is 15.1 Å². The molecule has 1 saturated heterocycles. The Morgan fingerprint density at radius 1 is 1.07 bits per heavy atom. The monoisotopic (exact) mass is 424 g/mol. The van der Waals surface area contributed by atoms with Crippen LogP contribution in [0.1, 0.15) is 30.9 Å². The Balaban J connectivity index is 1.44. The SMILES string of the molecule is CC(C)c1ccc(C[NH+]2CC[NH+](CC(=O)Nc3ccccc3SCC#N)CC2)cc1. The molecule has 1 amide bonds. The number of piperazine rings is 1. The van der Waals surface area contributed by atoms with Gasteiger partial charge in [-0.25, -0.2) is 0 Å². The fraction of sp³-hybridized carbons (Fsp3) is 0.417. The van der Waals surface area contributed by atoms with Crippen molar-refractivity contribution in [2.24, 2.45) is 0 Å². The molecule has 1 heterocycles. The zero-order valence-electron chi connectivity index (χ0n) is 17.9. The zero-order valence-corrected chi connectivity index (χ0v) is 18.7. The van der Waals surface area contributed by atoms with Crippen LogP contribution in [0.4, 0.5) is 5.69 Å². The van der Waals surface area contributed by atoms with Gasteiger partial charge in [-0.2, -0.15) is 5.26 Å². The molecule has 6 heteroatoms. The van der Waals surface area contributed by atoms with Gasteiger partial charge in [-0.15, -0.1) is 11.8 Å². The van der Waals surface area contributed by atoms with Crippen molar-refractivity contribution in [1.82, 2.24) is 0 Å². The van der Waals surface area contributed by atoms with Crippen molar-refractivity contribution < 1.29 is 14.6 Å². The van der Waals surface area contributed by atoms with Crippen LogP contribution in [-0.4, -0.2) is 44.4 Å². The average Bonchev–Trinajstić information content (AvgIpc) is 2.75. The van der Waals surface area contributed by atoms with Gasteiger partial charge in [-0.05, 0) is 23.6 Å². The maximum atomic E-state index is 12.6. The lowest BCUT2D eigenvalue weighted by molar-refractivity contribution is -1.02. The van der Waals surface area contributed by atoms with Gasteiger partial charge in [-0.1, -0.05) is 50.2 Å². The van der Waals surface area contributed by atoms with Gasteiger partial charge >= 0.3 is 0 Å². The molecule has 0 spiro atoms. The summed E-state index contributed by atoms with van der Waals surface area (Å²) in [7, 11) is 0. The van der Waals surface area contributed by atoms with Crippen LogP contribution >= 0.6 is 11.8 Å². The van der Waals surface area contributed by atoms with E-state index in [-0.39, 0.29) is 5.91 Å². The van der Waals surface area contributed by atoms with Crippen molar-refractivity contribution in [1.29, 1.82) is 5.26 Å². The van der Waals surface area contributed by atoms with Crippen molar-refractivity contribution in [3.05, 3.63) is 59.7 Å². The third-order valence-corrected chi connectivity index (χ3v) is 6.57. The second-order valence-corrected chi connectivity index (χ2v) is 9.26. The van der Waals surface area contributed by atoms with E-state index in [1.165, 1.54) is 27.8 Å². The number of amides is 1. The Kier molecular flexibility index (Phi) is 8.32. The van der Waals surface area contributed by atoms with Gasteiger partial charge in [0, 0.05) is 10.5 Å². The minimum absolute atomic E-state index is 0.0442. The van der Waals surface area contributed by atoms with Gasteiger partial charge in [0.25, 0.3) is 5.91 Å². The first-order valence-electron chi connectivity index (χ1n) is 10.7. The number of nitriles is 1. The van der Waals surface area contributed by atoms with E-state index in [0.717, 1.165) is 43.3 Å². The van der Waals surface area contributed by atoms with E-state index in [1.807, 2.05) is 24.3 Å². The smallest absolute Gasteiger partial charge is 0.279 e. The number of anilines is 1. The van der Waals surface area contributed by atoms with Gasteiger partial charge in [-0.3, -0.25) is 4.79 Å². The van der Waals surface area contributed by atoms with E-state index in [0.29, 0.717) is 18.2 Å². The molecule has 0 aromatic heterocycles. The van der Waals surface area contributed by atoms with E-state index in [1.54, 1.807) is 4.90 Å². The first-order chi connectivity index (χ1) is 14.5. The Morgan fingerprint density at radius 3 is 2.40 bits per heavy atom. The second-order valence-electron chi connectivity index (χ2n) is 8.24. The lowest BCUT2D eigenvalue weighted by Crippen LogP contribution is -3.28. The minimum Gasteiger partial charge on any atom is -0.322 e. The summed E-state index contributed by atoms with van der Waals surface area (Å²) in [6.07, 6.45) is 0. The average molecular weight is 425 g/mol. The summed E-state index contributed by atoms with van der Waals surface area (Å²) in [6, 6.07) is 18.8. The first kappa shape index (κ1) is 22.4. The molecular weight excluding hydrogens is 392 g/mol. The van der Waals surface area contributed by atoms with E-state index in [2.05, 4.69) is 49.5 Å². The summed E-state index contributed by atoms with van der Waals surface area (Å²) in [5.74, 6) is 0.993. The highest BCUT2D eigenvalue weighted by atomic mass is 32.2. The molecule has 1 aliphatic rings. The predicted molar refractivity (Wildman–Crippen MR) is 122 cm³/mol. The van der Waals surface area contributed by atoms with Crippen molar-refractivity contribution in [2.45, 2.75) is 31.2 Å². The summed E-state index contributed by atoms with van der Waals surface area (Å²) in [6.45, 7) is 10.2. The van der Waals surface area contributed by atoms with Gasteiger partial charge in [0.15, 0.2) is 6.54 Å². The number of carbonyl (C=O) groups is 1. The standard InChI is InChI=1S/C24H30N4OS/c1-19(2)21-9-7-20(8-10-21)17-27-12-14-28(15-13-27)18-24(29)26-22-5-3-4-6-23(22)30-16-11-25/h3-10,19H,12-18H2,1-2H3,(H,26,29)/p+2. The molecule has 30 heavy (non-hydrogen) atoms. The zero-order chi connectivity index (χ0) is 21.3. The highest BCUT2D eigenvalue weighted by Crippen LogP contribution is 2.26. The maximum Gasteiger partial charge on any atom is 0.279 e. The van der Waals surface area contributed by atoms with Crippen molar-refractivity contribution in [3.63, 3.8) is 0 Å². The highest BCUT2D eigenvalue weighted by molar-refractivity contribution is 7.99. The number of nitrogens with one attached hydrogen (secondary N) is 3. The number of hydrogen-bond donors (Lipinski definition) is 3. The summed E-state index contributed by atoms with van der Waals surface area (Å²) in [4.78, 5) is 16.4. The second kappa shape index (κ2) is 11.2. The van der Waals surface area contributed by atoms with Gasteiger partial charge in [0.2, 0.25) is 0 Å². The minimum atomic E-state index is 0.0442. The topological polar surface area (TPSA) is 61.8 Å². The van der Waals surface area contributed by atoms with Gasteiger partial charge in [0.1, 0.15) is 32.7 Å². The number of benzene rings is 2. The van der Waals surface area contributed by atoms with Gasteiger partial charge in [0.05, 0.1) is 17.5 Å². The molecule has 3 rings (SSSR count). The van der Waals surface area contributed by atoms with Crippen LogP contribution in [0, 0.1) is 11.3 Å². The fourth-order valence-corrected chi connectivity index (χ4v) is 4.52. The van der Waals surface area contributed by atoms with Crippen LogP contribution in [0.25, 0.3) is 0 Å². The molecule has 0 radical (unpaired) electrons. The van der Waals surface area contributed by atoms with Crippen LogP contribution in [0.15, 0.2) is 53.4 Å². The Hall–Kier alpha value is -2.33. The number of quaternary nitrogens is 2. The molecule has 3 N–H and O–H groups in total. The largest absolute Gasteiger partial charge is 0.322 e. The van der Waals surface area contributed by atoms with E-state index in [4.69, 9.17) is 5.26 Å². The Bertz CT molecular complexity index is 868. The summed E-state index contributed by atoms with van der Waals surface area (Å²) < 4.78 is 0. The number of hydrogen-bond acceptors (Lipinski definition) is 3. The third-order valence-electron chi connectivity index (χ3n) is 5.63. The third kappa shape index (κ3) is 6.60. The lowest BCUT2D eigenvalue weighted by Gasteiger charge is -2.29. The molecule has 158 valence electrons. The molecule has 0 unspecified atom stereocenters. The van der Waals surface area contributed by atoms with Crippen LogP contribution in [0.5, 0.6) is 0 Å². The molecule has 0 saturated carbocycles. The molecule has 0 aliphatic carbocycles. The fourth-order valence-electron chi connectivity index (χ4n) is 3.85. The van der Waals surface area contributed by atoms with Gasteiger partial charge < -0.3 is 15.1 Å². The van der Waals surface area contributed by atoms with E-state index >= 15 is 0 Å². The molecule has 5 nitrogen and oxygen atoms in total. The molecule has 1 aliphatic heterocycles. The molecular formula is C24H32N4OS+2. The quantitative estimate of drug-likeness (QED) is 0.561. The van der Waals surface area contributed by atoms with Crippen molar-refractivity contribution in [2.75, 3.05) is 43.8 Å². The number of carbonyl (C=O) groups excluding carboxylic acids is 1. The van der Waals surface area contributed by atoms with Crippen LogP contribution in [0.3, 0.4) is 0 Å². The van der Waals surface area contributed by atoms with E-state index < -0.39 is 0 Å². The predicted octanol–water partition coefficient (Wildman–Crippen LogP) is 1.35. The van der Waals surface area contributed by atoms with Crippen molar-refractivity contribution >= 4 is 23.4 Å². The van der Waals surface area contributed by atoms with Crippen LogP contribution in [0.2, 0.25) is 0 Å².